The third-order valence-electron chi connectivity index (χ3n) is 9.63. The zero-order valence-corrected chi connectivity index (χ0v) is 31.7. The Morgan fingerprint density at radius 2 is 1.08 bits per heavy atom. The fraction of sp³-hybridized carbons (Fsp3) is 0.421. The molecule has 0 saturated carbocycles. The molecule has 2 aromatic carbocycles. The first-order valence-electron chi connectivity index (χ1n) is 17.2. The van der Waals surface area contributed by atoms with Crippen molar-refractivity contribution < 1.29 is 19.1 Å². The van der Waals surface area contributed by atoms with Gasteiger partial charge in [0.2, 0.25) is 23.6 Å². The minimum Gasteiger partial charge on any atom is -0.480 e. The maximum atomic E-state index is 12.2. The van der Waals surface area contributed by atoms with Crippen LogP contribution in [0.15, 0.2) is 48.8 Å². The van der Waals surface area contributed by atoms with Crippen molar-refractivity contribution in [1.29, 1.82) is 0 Å². The lowest BCUT2D eigenvalue weighted by Crippen LogP contribution is -2.35. The summed E-state index contributed by atoms with van der Waals surface area (Å²) in [7, 11) is 3.11. The van der Waals surface area contributed by atoms with Gasteiger partial charge in [-0.15, -0.1) is 0 Å². The van der Waals surface area contributed by atoms with Crippen molar-refractivity contribution >= 4 is 35.0 Å². The molecule has 2 saturated heterocycles. The number of amides is 2. The number of carbonyl (C=O) groups excluding carboxylic acids is 2. The molecule has 2 aromatic heterocycles. The second-order valence-corrected chi connectivity index (χ2v) is 15.3. The molecule has 2 aliphatic heterocycles. The highest BCUT2D eigenvalue weighted by molar-refractivity contribution is 6.39. The maximum Gasteiger partial charge on any atom is 0.237 e. The maximum absolute atomic E-state index is 12.2. The summed E-state index contributed by atoms with van der Waals surface area (Å²) in [4.78, 5) is 43.1. The zero-order valence-electron chi connectivity index (χ0n) is 30.2. The van der Waals surface area contributed by atoms with Gasteiger partial charge in [0.1, 0.15) is 11.4 Å². The Hall–Kier alpha value is -4.36. The Bertz CT molecular complexity index is 1850. The Morgan fingerprint density at radius 3 is 1.42 bits per heavy atom. The summed E-state index contributed by atoms with van der Waals surface area (Å²) in [5.74, 6) is 0.890. The van der Waals surface area contributed by atoms with E-state index in [0.717, 1.165) is 12.8 Å². The first kappa shape index (κ1) is 37.4. The third-order valence-corrected chi connectivity index (χ3v) is 10.4. The van der Waals surface area contributed by atoms with Crippen LogP contribution >= 0.6 is 23.2 Å². The fourth-order valence-corrected chi connectivity index (χ4v) is 7.40. The molecule has 4 N–H and O–H groups in total. The van der Waals surface area contributed by atoms with E-state index in [0.29, 0.717) is 93.0 Å². The van der Waals surface area contributed by atoms with E-state index < -0.39 is 0 Å². The summed E-state index contributed by atoms with van der Waals surface area (Å²) >= 11 is 14.1. The summed E-state index contributed by atoms with van der Waals surface area (Å²) in [5, 5.41) is 13.7. The number of carbonyl (C=O) groups is 2. The Labute approximate surface area is 313 Å². The van der Waals surface area contributed by atoms with E-state index in [1.165, 1.54) is 0 Å². The van der Waals surface area contributed by atoms with Gasteiger partial charge in [-0.1, -0.05) is 87.3 Å². The van der Waals surface area contributed by atoms with Crippen molar-refractivity contribution in [3.8, 4) is 45.4 Å². The molecule has 2 aliphatic rings. The molecular weight excluding hydrogens is 703 g/mol. The SMILES string of the molecule is COc1nc(-c2cccc(-c3cccc(-c4cnc(CNCC5CC(C)(C)C(=O)N5)c(OC)n4)c3Cl)c2Cl)cnc1CNCC1CC(C)(C)C(=O)N1. The van der Waals surface area contributed by atoms with Crippen molar-refractivity contribution in [3.63, 3.8) is 0 Å². The smallest absolute Gasteiger partial charge is 0.237 e. The van der Waals surface area contributed by atoms with E-state index in [9.17, 15) is 9.59 Å². The molecule has 52 heavy (non-hydrogen) atoms. The molecule has 2 fully saturated rings. The zero-order chi connectivity index (χ0) is 37.2. The number of hydrogen-bond donors (Lipinski definition) is 4. The van der Waals surface area contributed by atoms with Crippen molar-refractivity contribution in [2.75, 3.05) is 27.3 Å². The molecule has 2 amide bonds. The number of aromatic nitrogens is 4. The number of methoxy groups -OCH3 is 2. The van der Waals surface area contributed by atoms with Crippen LogP contribution in [0.4, 0.5) is 0 Å². The van der Waals surface area contributed by atoms with E-state index in [1.54, 1.807) is 26.6 Å². The van der Waals surface area contributed by atoms with Crippen molar-refractivity contribution in [1.82, 2.24) is 41.2 Å². The van der Waals surface area contributed by atoms with Gasteiger partial charge in [-0.2, -0.15) is 0 Å². The fourth-order valence-electron chi connectivity index (χ4n) is 6.76. The second-order valence-electron chi connectivity index (χ2n) is 14.5. The largest absolute Gasteiger partial charge is 0.480 e. The van der Waals surface area contributed by atoms with Crippen LogP contribution in [-0.4, -0.2) is 71.1 Å². The van der Waals surface area contributed by atoms with Gasteiger partial charge in [0, 0.05) is 71.3 Å². The molecule has 0 aliphatic carbocycles. The normalized spacial score (nSPS) is 19.0. The molecule has 0 radical (unpaired) electrons. The minimum atomic E-state index is -0.369. The topological polar surface area (TPSA) is 152 Å². The number of ether oxygens (including phenoxy) is 2. The molecule has 2 atom stereocenters. The average Bonchev–Trinajstić information content (AvgIpc) is 3.54. The first-order valence-corrected chi connectivity index (χ1v) is 18.0. The predicted molar refractivity (Wildman–Crippen MR) is 201 cm³/mol. The molecular formula is C38H44Cl2N8O4. The van der Waals surface area contributed by atoms with Crippen LogP contribution < -0.4 is 30.7 Å². The number of benzene rings is 2. The van der Waals surface area contributed by atoms with Crippen molar-refractivity contribution in [2.45, 2.75) is 65.7 Å². The van der Waals surface area contributed by atoms with Gasteiger partial charge >= 0.3 is 0 Å². The second kappa shape index (κ2) is 15.3. The molecule has 12 nitrogen and oxygen atoms in total. The molecule has 0 bridgehead atoms. The van der Waals surface area contributed by atoms with E-state index in [1.807, 2.05) is 64.1 Å². The summed E-state index contributed by atoms with van der Waals surface area (Å²) in [6, 6.07) is 11.4. The van der Waals surface area contributed by atoms with E-state index in [4.69, 9.17) is 42.6 Å². The standard InChI is InChI=1S/C38H44Cl2N8O4/c1-37(2)13-21(45-35(37)49)15-41-17-29-33(51-5)47-27(19-43-29)25-11-7-9-23(31(25)39)24-10-8-12-26(32(24)40)28-20-44-30(34(48-28)52-6)18-42-16-22-14-38(3,4)36(50)46-22/h7-12,19-22,41-42H,13-18H2,1-6H3,(H,45,49)(H,46,50). The highest BCUT2D eigenvalue weighted by atomic mass is 35.5. The van der Waals surface area contributed by atoms with Crippen molar-refractivity contribution in [2.24, 2.45) is 10.8 Å². The van der Waals surface area contributed by atoms with Gasteiger partial charge in [-0.25, -0.2) is 9.97 Å². The highest BCUT2D eigenvalue weighted by Gasteiger charge is 2.39. The third kappa shape index (κ3) is 7.85. The average molecular weight is 748 g/mol. The molecule has 2 unspecified atom stereocenters. The summed E-state index contributed by atoms with van der Waals surface area (Å²) < 4.78 is 11.2. The lowest BCUT2D eigenvalue weighted by molar-refractivity contribution is -0.126. The molecule has 4 heterocycles. The van der Waals surface area contributed by atoms with E-state index >= 15 is 0 Å². The van der Waals surface area contributed by atoms with Crippen LogP contribution in [0.2, 0.25) is 10.0 Å². The number of nitrogens with one attached hydrogen (secondary N) is 4. The highest BCUT2D eigenvalue weighted by Crippen LogP contribution is 2.42. The van der Waals surface area contributed by atoms with Crippen LogP contribution in [0.3, 0.4) is 0 Å². The minimum absolute atomic E-state index is 0.0512. The van der Waals surface area contributed by atoms with Gasteiger partial charge in [-0.3, -0.25) is 19.6 Å². The lowest BCUT2D eigenvalue weighted by Gasteiger charge is -2.16. The van der Waals surface area contributed by atoms with Crippen LogP contribution in [0, 0.1) is 10.8 Å². The predicted octanol–water partition coefficient (Wildman–Crippen LogP) is 5.60. The van der Waals surface area contributed by atoms with Crippen LogP contribution in [-0.2, 0) is 22.7 Å². The van der Waals surface area contributed by atoms with Gasteiger partial charge in [0.15, 0.2) is 0 Å². The van der Waals surface area contributed by atoms with E-state index in [2.05, 4.69) is 31.2 Å². The Kier molecular flexibility index (Phi) is 11.0. The number of halogens is 2. The molecule has 14 heteroatoms. The van der Waals surface area contributed by atoms with Crippen molar-refractivity contribution in [3.05, 3.63) is 70.2 Å². The van der Waals surface area contributed by atoms with Crippen LogP contribution in [0.25, 0.3) is 33.6 Å². The molecule has 274 valence electrons. The first-order chi connectivity index (χ1) is 24.8. The van der Waals surface area contributed by atoms with Gasteiger partial charge in [0.05, 0.1) is 48.0 Å². The number of nitrogens with zero attached hydrogens (tertiary/aromatic N) is 4. The Balaban J connectivity index is 1.18. The van der Waals surface area contributed by atoms with Crippen LogP contribution in [0.5, 0.6) is 11.8 Å². The molecule has 6 rings (SSSR count). The number of hydrogen-bond acceptors (Lipinski definition) is 10. The van der Waals surface area contributed by atoms with Gasteiger partial charge in [0.25, 0.3) is 0 Å². The summed E-state index contributed by atoms with van der Waals surface area (Å²) in [6.07, 6.45) is 4.87. The summed E-state index contributed by atoms with van der Waals surface area (Å²) in [6.45, 7) is 9.86. The Morgan fingerprint density at radius 1 is 0.692 bits per heavy atom. The van der Waals surface area contributed by atoms with Gasteiger partial charge in [-0.05, 0) is 12.8 Å². The lowest BCUT2D eigenvalue weighted by atomic mass is 9.90. The monoisotopic (exact) mass is 746 g/mol. The molecule has 0 spiro atoms. The number of rotatable bonds is 13. The molecule has 4 aromatic rings. The van der Waals surface area contributed by atoms with E-state index in [-0.39, 0.29) is 34.7 Å². The quantitative estimate of drug-likeness (QED) is 0.136. The van der Waals surface area contributed by atoms with Gasteiger partial charge < -0.3 is 30.7 Å². The van der Waals surface area contributed by atoms with Crippen LogP contribution in [0.1, 0.15) is 51.9 Å². The summed E-state index contributed by atoms with van der Waals surface area (Å²) in [5.41, 5.74) is 4.39.